The van der Waals surface area contributed by atoms with Crippen LogP contribution < -0.4 is 30.7 Å². The van der Waals surface area contributed by atoms with Crippen LogP contribution in [0.1, 0.15) is 47.3 Å². The Labute approximate surface area is 295 Å². The Morgan fingerprint density at radius 2 is 1.08 bits per heavy atom. The maximum Gasteiger partial charge on any atom is 0.322 e. The van der Waals surface area contributed by atoms with E-state index in [0.717, 1.165) is 25.6 Å². The van der Waals surface area contributed by atoms with Crippen LogP contribution in [0.4, 0.5) is 13.6 Å². The number of urea groups is 1. The first-order valence-electron chi connectivity index (χ1n) is 14.7. The molecule has 4 aromatic rings. The summed E-state index contributed by atoms with van der Waals surface area (Å²) in [6, 6.07) is 22.3. The minimum atomic E-state index is -1.20. The number of amides is 4. The highest BCUT2D eigenvalue weighted by Gasteiger charge is 2.54. The number of hydrogen-bond acceptors (Lipinski definition) is 6. The molecular formula is C34H24Br2F2N4O5S. The van der Waals surface area contributed by atoms with Gasteiger partial charge in [0.1, 0.15) is 35.3 Å². The van der Waals surface area contributed by atoms with Gasteiger partial charge in [0.25, 0.3) is 11.8 Å². The Kier molecular flexibility index (Phi) is 8.20. The molecule has 2 saturated heterocycles. The average Bonchev–Trinajstić information content (AvgIpc) is 3.50. The average molecular weight is 798 g/mol. The summed E-state index contributed by atoms with van der Waals surface area (Å²) in [4.78, 5) is 37.0. The van der Waals surface area contributed by atoms with Crippen molar-refractivity contribution in [1.82, 2.24) is 21.3 Å². The summed E-state index contributed by atoms with van der Waals surface area (Å²) in [5.74, 6) is -0.168. The maximum absolute atomic E-state index is 13.2. The maximum atomic E-state index is 13.2. The van der Waals surface area contributed by atoms with Crippen LogP contribution >= 0.6 is 44.1 Å². The number of thiocarbonyl (C=S) groups is 1. The topological polar surface area (TPSA) is 118 Å². The van der Waals surface area contributed by atoms with E-state index in [1.54, 1.807) is 42.5 Å². The van der Waals surface area contributed by atoms with Crippen LogP contribution in [-0.4, -0.2) is 23.0 Å². The van der Waals surface area contributed by atoms with E-state index in [1.807, 2.05) is 18.2 Å². The van der Waals surface area contributed by atoms with Crippen molar-refractivity contribution in [3.63, 3.8) is 0 Å². The van der Waals surface area contributed by atoms with Gasteiger partial charge in [-0.1, -0.05) is 56.1 Å². The normalized spacial score (nSPS) is 25.0. The fraction of sp³-hybridized carbons (Fsp3) is 0.176. The number of benzene rings is 4. The summed E-state index contributed by atoms with van der Waals surface area (Å²) in [5, 5.41) is 11.1. The third-order valence-corrected chi connectivity index (χ3v) is 9.88. The summed E-state index contributed by atoms with van der Waals surface area (Å²) >= 11 is 12.0. The number of ether oxygens (including phenoxy) is 2. The predicted molar refractivity (Wildman–Crippen MR) is 181 cm³/mol. The molecule has 9 nitrogen and oxygen atoms in total. The van der Waals surface area contributed by atoms with Crippen molar-refractivity contribution in [1.29, 1.82) is 0 Å². The number of rotatable bonds is 2. The van der Waals surface area contributed by atoms with Crippen molar-refractivity contribution in [2.24, 2.45) is 0 Å². The van der Waals surface area contributed by atoms with Gasteiger partial charge < -0.3 is 25.4 Å². The molecule has 2 spiro atoms. The van der Waals surface area contributed by atoms with Crippen LogP contribution in [0.5, 0.6) is 11.5 Å². The molecule has 0 aliphatic carbocycles. The molecule has 4 atom stereocenters. The Bertz CT molecular complexity index is 1860. The lowest BCUT2D eigenvalue weighted by atomic mass is 9.80. The second-order valence-corrected chi connectivity index (χ2v) is 13.9. The second-order valence-electron chi connectivity index (χ2n) is 11.6. The smallest absolute Gasteiger partial charge is 0.322 e. The fourth-order valence-corrected chi connectivity index (χ4v) is 7.41. The van der Waals surface area contributed by atoms with Crippen molar-refractivity contribution >= 4 is 67.0 Å². The van der Waals surface area contributed by atoms with Gasteiger partial charge in [-0.2, -0.15) is 0 Å². The number of carbonyl (C=O) groups excluding carboxylic acids is 3. The lowest BCUT2D eigenvalue weighted by Crippen LogP contribution is -2.48. The van der Waals surface area contributed by atoms with E-state index in [0.29, 0.717) is 28.6 Å². The molecule has 48 heavy (non-hydrogen) atoms. The number of carbonyl (C=O) groups is 3. The highest BCUT2D eigenvalue weighted by atomic mass is 79.9. The Balaban J connectivity index is 0.000000152. The first-order chi connectivity index (χ1) is 23.0. The van der Waals surface area contributed by atoms with Gasteiger partial charge in [-0.05, 0) is 84.0 Å². The number of fused-ring (bicyclic) bond motifs is 4. The molecule has 14 heteroatoms. The van der Waals surface area contributed by atoms with Crippen molar-refractivity contribution in [3.8, 4) is 11.5 Å². The van der Waals surface area contributed by atoms with Gasteiger partial charge in [0.05, 0.1) is 0 Å². The van der Waals surface area contributed by atoms with Crippen molar-refractivity contribution < 1.29 is 32.6 Å². The van der Waals surface area contributed by atoms with Gasteiger partial charge in [-0.3, -0.25) is 14.9 Å². The molecule has 0 radical (unpaired) electrons. The third-order valence-electron chi connectivity index (χ3n) is 8.69. The zero-order valence-corrected chi connectivity index (χ0v) is 28.6. The zero-order valence-electron chi connectivity index (χ0n) is 24.6. The van der Waals surface area contributed by atoms with Gasteiger partial charge in [0, 0.05) is 32.9 Å². The summed E-state index contributed by atoms with van der Waals surface area (Å²) in [6.45, 7) is 0. The van der Waals surface area contributed by atoms with Crippen LogP contribution in [0.15, 0.2) is 93.9 Å². The first kappa shape index (κ1) is 32.2. The second kappa shape index (κ2) is 12.2. The van der Waals surface area contributed by atoms with E-state index in [2.05, 4.69) is 53.1 Å². The number of hydrogen-bond donors (Lipinski definition) is 4. The molecule has 2 fully saturated rings. The number of halogens is 4. The molecule has 8 rings (SSSR count). The molecular weight excluding hydrogens is 774 g/mol. The van der Waals surface area contributed by atoms with Gasteiger partial charge >= 0.3 is 6.03 Å². The van der Waals surface area contributed by atoms with Gasteiger partial charge in [0.15, 0.2) is 16.2 Å². The largest absolute Gasteiger partial charge is 0.485 e. The van der Waals surface area contributed by atoms with E-state index in [4.69, 9.17) is 21.7 Å². The molecule has 4 aliphatic heterocycles. The van der Waals surface area contributed by atoms with Gasteiger partial charge in [-0.25, -0.2) is 13.6 Å². The van der Waals surface area contributed by atoms with Crippen LogP contribution in [0.3, 0.4) is 0 Å². The highest BCUT2D eigenvalue weighted by Crippen LogP contribution is 2.48. The minimum absolute atomic E-state index is 0.206. The fourth-order valence-electron chi connectivity index (χ4n) is 6.42. The molecule has 4 N–H and O–H groups in total. The Morgan fingerprint density at radius 3 is 1.48 bits per heavy atom. The van der Waals surface area contributed by atoms with Crippen molar-refractivity contribution in [2.75, 3.05) is 0 Å². The quantitative estimate of drug-likeness (QED) is 0.136. The number of nitrogens with one attached hydrogen (secondary N) is 4. The van der Waals surface area contributed by atoms with Crippen LogP contribution in [0, 0.1) is 11.6 Å². The third kappa shape index (κ3) is 5.71. The van der Waals surface area contributed by atoms with E-state index >= 15 is 0 Å². The Morgan fingerprint density at radius 1 is 0.646 bits per heavy atom. The lowest BCUT2D eigenvalue weighted by Gasteiger charge is -2.38. The van der Waals surface area contributed by atoms with E-state index in [1.165, 1.54) is 24.3 Å². The predicted octanol–water partition coefficient (Wildman–Crippen LogP) is 6.46. The summed E-state index contributed by atoms with van der Waals surface area (Å²) in [7, 11) is 0. The SMILES string of the molecule is O=C1NC(=O)C2(CC(c3ccc(F)cc3)Oc3ccc(Br)cc32)N1.O=C1NC(=S)NC12CC(c1ccc(F)cc1)Oc1ccc(Br)cc12. The van der Waals surface area contributed by atoms with Gasteiger partial charge in [0.2, 0.25) is 0 Å². The Hall–Kier alpha value is -4.40. The van der Waals surface area contributed by atoms with Crippen LogP contribution in [-0.2, 0) is 20.7 Å². The molecule has 4 aromatic carbocycles. The summed E-state index contributed by atoms with van der Waals surface area (Å²) in [5.41, 5.74) is 0.669. The summed E-state index contributed by atoms with van der Waals surface area (Å²) < 4.78 is 40.1. The van der Waals surface area contributed by atoms with E-state index < -0.39 is 35.2 Å². The molecule has 0 bridgehead atoms. The summed E-state index contributed by atoms with van der Waals surface area (Å²) in [6.07, 6.45) is -0.296. The molecule has 244 valence electrons. The van der Waals surface area contributed by atoms with Gasteiger partial charge in [-0.15, -0.1) is 0 Å². The molecule has 4 amide bonds. The molecule has 4 unspecified atom stereocenters. The minimum Gasteiger partial charge on any atom is -0.485 e. The van der Waals surface area contributed by atoms with E-state index in [9.17, 15) is 23.2 Å². The molecule has 0 aromatic heterocycles. The highest BCUT2D eigenvalue weighted by molar-refractivity contribution is 9.10. The monoisotopic (exact) mass is 796 g/mol. The first-order valence-corrected chi connectivity index (χ1v) is 16.7. The van der Waals surface area contributed by atoms with Crippen molar-refractivity contribution in [2.45, 2.75) is 36.1 Å². The van der Waals surface area contributed by atoms with Crippen LogP contribution in [0.25, 0.3) is 0 Å². The molecule has 4 aliphatic rings. The molecule has 0 saturated carbocycles. The lowest BCUT2D eigenvalue weighted by molar-refractivity contribution is -0.126. The number of imide groups is 1. The molecule has 4 heterocycles. The standard InChI is InChI=1S/C17H12BrFN2O3.C17H12BrFN2O2S/c18-10-3-6-13-12(7-10)17(15(22)20-16(23)21-17)8-14(24-13)9-1-4-11(19)5-2-9;18-10-3-6-13-12(7-10)17(15(22)20-16(24)21-17)8-14(23-13)9-1-4-11(19)5-2-9/h1-7,14H,8H2,(H2,20,21,22,23);1-7,14H,8H2,(H2,20,21,22,24). The zero-order chi connectivity index (χ0) is 33.8. The van der Waals surface area contributed by atoms with Crippen LogP contribution in [0.2, 0.25) is 0 Å². The van der Waals surface area contributed by atoms with Crippen molar-refractivity contribution in [3.05, 3.63) is 128 Å². The van der Waals surface area contributed by atoms with E-state index in [-0.39, 0.29) is 24.0 Å².